The Balaban J connectivity index is 2.65. The molecule has 6 nitrogen and oxygen atoms in total. The predicted octanol–water partition coefficient (Wildman–Crippen LogP) is 0.910. The molecule has 0 aliphatic heterocycles. The number of rotatable bonds is 3. The Labute approximate surface area is 97.1 Å². The van der Waals surface area contributed by atoms with E-state index in [2.05, 4.69) is 33.8 Å². The molecule has 90 valence electrons. The summed E-state index contributed by atoms with van der Waals surface area (Å²) in [5, 5.41) is 0. The molecule has 0 saturated heterocycles. The molecule has 0 spiro atoms. The molecule has 0 unspecified atom stereocenters. The highest BCUT2D eigenvalue weighted by Gasteiger charge is 2.11. The van der Waals surface area contributed by atoms with Crippen LogP contribution in [0.5, 0.6) is 0 Å². The van der Waals surface area contributed by atoms with E-state index in [4.69, 9.17) is 0 Å². The van der Waals surface area contributed by atoms with E-state index in [1.54, 1.807) is 6.20 Å². The third kappa shape index (κ3) is 2.11. The highest BCUT2D eigenvalue weighted by atomic mass is 16.2. The summed E-state index contributed by atoms with van der Waals surface area (Å²) >= 11 is 0. The molecule has 0 aromatic carbocycles. The first-order chi connectivity index (χ1) is 8.15. The van der Waals surface area contributed by atoms with Crippen molar-refractivity contribution in [2.45, 2.75) is 32.6 Å². The molecule has 2 aromatic rings. The summed E-state index contributed by atoms with van der Waals surface area (Å²) in [5.74, 6) is 0.301. The lowest BCUT2D eigenvalue weighted by Crippen LogP contribution is -2.23. The van der Waals surface area contributed by atoms with E-state index in [0.29, 0.717) is 5.92 Å². The molecule has 0 aliphatic rings. The largest absolute Gasteiger partial charge is 0.327 e. The van der Waals surface area contributed by atoms with Gasteiger partial charge in [0.15, 0.2) is 11.2 Å². The minimum atomic E-state index is -0.557. The Morgan fingerprint density at radius 1 is 1.24 bits per heavy atom. The monoisotopic (exact) mass is 234 g/mol. The average Bonchev–Trinajstić information content (AvgIpc) is 2.30. The number of hydrogen-bond donors (Lipinski definition) is 2. The second-order valence-electron chi connectivity index (χ2n) is 3.91. The van der Waals surface area contributed by atoms with E-state index in [-0.39, 0.29) is 11.2 Å². The molecule has 17 heavy (non-hydrogen) atoms. The zero-order valence-electron chi connectivity index (χ0n) is 9.78. The summed E-state index contributed by atoms with van der Waals surface area (Å²) in [6.45, 7) is 4.14. The van der Waals surface area contributed by atoms with Gasteiger partial charge >= 0.3 is 5.69 Å². The number of aromatic amines is 2. The first kappa shape index (κ1) is 11.5. The molecule has 0 amide bonds. The summed E-state index contributed by atoms with van der Waals surface area (Å²) in [7, 11) is 0. The lowest BCUT2D eigenvalue weighted by molar-refractivity contribution is 0.622. The number of nitrogens with one attached hydrogen (secondary N) is 2. The fourth-order valence-electron chi connectivity index (χ4n) is 1.86. The smallest absolute Gasteiger partial charge is 0.290 e. The maximum absolute atomic E-state index is 11.4. The second kappa shape index (κ2) is 4.48. The fourth-order valence-corrected chi connectivity index (χ4v) is 1.86. The van der Waals surface area contributed by atoms with E-state index in [9.17, 15) is 9.59 Å². The number of nitrogens with zero attached hydrogens (tertiary/aromatic N) is 2. The topological polar surface area (TPSA) is 91.5 Å². The maximum Gasteiger partial charge on any atom is 0.327 e. The minimum Gasteiger partial charge on any atom is -0.290 e. The maximum atomic E-state index is 11.4. The van der Waals surface area contributed by atoms with Crippen LogP contribution in [0.3, 0.4) is 0 Å². The van der Waals surface area contributed by atoms with E-state index in [0.717, 1.165) is 18.5 Å². The first-order valence-electron chi connectivity index (χ1n) is 5.65. The van der Waals surface area contributed by atoms with Crippen LogP contribution in [-0.4, -0.2) is 19.9 Å². The van der Waals surface area contributed by atoms with Gasteiger partial charge in [0.05, 0.1) is 5.69 Å². The van der Waals surface area contributed by atoms with Gasteiger partial charge in [-0.25, -0.2) is 14.8 Å². The van der Waals surface area contributed by atoms with Crippen molar-refractivity contribution >= 4 is 11.2 Å². The normalized spacial score (nSPS) is 11.2. The SMILES string of the molecule is CCC(CC)c1cnc2c(=O)[nH]c(=O)[nH]c2n1. The van der Waals surface area contributed by atoms with Gasteiger partial charge in [0.25, 0.3) is 5.56 Å². The Bertz CT molecular complexity index is 640. The molecule has 2 rings (SSSR count). The van der Waals surface area contributed by atoms with Crippen molar-refractivity contribution in [3.05, 3.63) is 32.7 Å². The molecule has 6 heteroatoms. The molecular formula is C11H14N4O2. The summed E-state index contributed by atoms with van der Waals surface area (Å²) in [4.78, 5) is 35.6. The molecule has 0 radical (unpaired) electrons. The molecule has 0 fully saturated rings. The Morgan fingerprint density at radius 3 is 2.59 bits per heavy atom. The second-order valence-corrected chi connectivity index (χ2v) is 3.91. The van der Waals surface area contributed by atoms with Crippen LogP contribution in [-0.2, 0) is 0 Å². The van der Waals surface area contributed by atoms with Gasteiger partial charge in [-0.3, -0.25) is 14.8 Å². The van der Waals surface area contributed by atoms with Crippen LogP contribution < -0.4 is 11.2 Å². The fraction of sp³-hybridized carbons (Fsp3) is 0.455. The summed E-state index contributed by atoms with van der Waals surface area (Å²) in [6, 6.07) is 0. The van der Waals surface area contributed by atoms with Crippen molar-refractivity contribution in [3.63, 3.8) is 0 Å². The van der Waals surface area contributed by atoms with Crippen LogP contribution in [0, 0.1) is 0 Å². The summed E-state index contributed by atoms with van der Waals surface area (Å²) in [6.07, 6.45) is 3.50. The molecule has 2 aromatic heterocycles. The lowest BCUT2D eigenvalue weighted by Gasteiger charge is -2.10. The van der Waals surface area contributed by atoms with Gasteiger partial charge in [-0.15, -0.1) is 0 Å². The Hall–Kier alpha value is -1.98. The van der Waals surface area contributed by atoms with E-state index >= 15 is 0 Å². The van der Waals surface area contributed by atoms with E-state index in [1.165, 1.54) is 0 Å². The molecule has 0 saturated carbocycles. The van der Waals surface area contributed by atoms with E-state index < -0.39 is 11.2 Å². The van der Waals surface area contributed by atoms with Gasteiger partial charge in [-0.1, -0.05) is 13.8 Å². The van der Waals surface area contributed by atoms with Gasteiger partial charge in [0, 0.05) is 12.1 Å². The molecule has 0 aliphatic carbocycles. The Morgan fingerprint density at radius 2 is 1.94 bits per heavy atom. The molecule has 0 bridgehead atoms. The summed E-state index contributed by atoms with van der Waals surface area (Å²) in [5.41, 5.74) is 0.164. The standard InChI is InChI=1S/C11H14N4O2/c1-3-6(4-2)7-5-12-8-9(13-7)14-11(17)15-10(8)16/h5-6H,3-4H2,1-2H3,(H2,13,14,15,16,17). The van der Waals surface area contributed by atoms with Crippen molar-refractivity contribution in [2.75, 3.05) is 0 Å². The molecular weight excluding hydrogens is 220 g/mol. The number of fused-ring (bicyclic) bond motifs is 1. The van der Waals surface area contributed by atoms with Crippen LogP contribution >= 0.6 is 0 Å². The average molecular weight is 234 g/mol. The zero-order valence-corrected chi connectivity index (χ0v) is 9.78. The van der Waals surface area contributed by atoms with Crippen LogP contribution in [0.15, 0.2) is 15.8 Å². The Kier molecular flexibility index (Phi) is 3.03. The van der Waals surface area contributed by atoms with Crippen LogP contribution in [0.25, 0.3) is 11.2 Å². The number of H-pyrrole nitrogens is 2. The first-order valence-corrected chi connectivity index (χ1v) is 5.65. The predicted molar refractivity (Wildman–Crippen MR) is 64.1 cm³/mol. The molecule has 2 N–H and O–H groups in total. The molecule has 0 atom stereocenters. The zero-order chi connectivity index (χ0) is 12.4. The van der Waals surface area contributed by atoms with Crippen molar-refractivity contribution in [3.8, 4) is 0 Å². The van der Waals surface area contributed by atoms with Gasteiger partial charge in [0.2, 0.25) is 0 Å². The number of aromatic nitrogens is 4. The van der Waals surface area contributed by atoms with Crippen LogP contribution in [0.2, 0.25) is 0 Å². The minimum absolute atomic E-state index is 0.166. The van der Waals surface area contributed by atoms with Crippen LogP contribution in [0.1, 0.15) is 38.3 Å². The van der Waals surface area contributed by atoms with Crippen molar-refractivity contribution in [1.82, 2.24) is 19.9 Å². The highest BCUT2D eigenvalue weighted by Crippen LogP contribution is 2.20. The van der Waals surface area contributed by atoms with Crippen molar-refractivity contribution in [2.24, 2.45) is 0 Å². The van der Waals surface area contributed by atoms with E-state index in [1.807, 2.05) is 0 Å². The van der Waals surface area contributed by atoms with Crippen molar-refractivity contribution in [1.29, 1.82) is 0 Å². The third-order valence-electron chi connectivity index (χ3n) is 2.87. The number of hydrogen-bond acceptors (Lipinski definition) is 4. The van der Waals surface area contributed by atoms with Gasteiger partial charge in [-0.05, 0) is 12.8 Å². The van der Waals surface area contributed by atoms with Gasteiger partial charge in [0.1, 0.15) is 0 Å². The third-order valence-corrected chi connectivity index (χ3v) is 2.87. The lowest BCUT2D eigenvalue weighted by atomic mass is 10.00. The quantitative estimate of drug-likeness (QED) is 0.825. The highest BCUT2D eigenvalue weighted by molar-refractivity contribution is 5.67. The van der Waals surface area contributed by atoms with Gasteiger partial charge in [-0.2, -0.15) is 0 Å². The van der Waals surface area contributed by atoms with Crippen molar-refractivity contribution < 1.29 is 0 Å². The molecule has 2 heterocycles. The van der Waals surface area contributed by atoms with Crippen LogP contribution in [0.4, 0.5) is 0 Å². The van der Waals surface area contributed by atoms with Gasteiger partial charge < -0.3 is 0 Å². The summed E-state index contributed by atoms with van der Waals surface area (Å²) < 4.78 is 0.